The molecular formula is C10H19NO3. The molecule has 0 radical (unpaired) electrons. The zero-order valence-corrected chi connectivity index (χ0v) is 9.26. The van der Waals surface area contributed by atoms with Gasteiger partial charge in [0.1, 0.15) is 5.60 Å². The summed E-state index contributed by atoms with van der Waals surface area (Å²) in [5.41, 5.74) is -1.68. The molecule has 2 N–H and O–H groups in total. The Hall–Kier alpha value is -0.610. The fourth-order valence-corrected chi connectivity index (χ4v) is 1.41. The second-order valence-corrected chi connectivity index (χ2v) is 4.69. The lowest BCUT2D eigenvalue weighted by atomic mass is 9.93. The van der Waals surface area contributed by atoms with Crippen molar-refractivity contribution in [2.24, 2.45) is 0 Å². The third-order valence-electron chi connectivity index (χ3n) is 2.84. The molecule has 0 aliphatic carbocycles. The Labute approximate surface area is 84.6 Å². The van der Waals surface area contributed by atoms with Crippen molar-refractivity contribution in [3.8, 4) is 0 Å². The van der Waals surface area contributed by atoms with Crippen LogP contribution in [0.15, 0.2) is 0 Å². The largest absolute Gasteiger partial charge is 0.381 e. The van der Waals surface area contributed by atoms with Crippen LogP contribution < -0.4 is 5.32 Å². The molecule has 1 aliphatic rings. The van der Waals surface area contributed by atoms with Crippen molar-refractivity contribution in [3.63, 3.8) is 0 Å². The van der Waals surface area contributed by atoms with Crippen molar-refractivity contribution in [2.75, 3.05) is 6.61 Å². The van der Waals surface area contributed by atoms with E-state index in [1.54, 1.807) is 0 Å². The maximum atomic E-state index is 11.6. The first kappa shape index (κ1) is 11.5. The van der Waals surface area contributed by atoms with Gasteiger partial charge in [0.2, 0.25) is 0 Å². The predicted octanol–water partition coefficient (Wildman–Crippen LogP) is 0.441. The molecule has 1 saturated heterocycles. The van der Waals surface area contributed by atoms with E-state index in [4.69, 9.17) is 4.74 Å². The molecule has 4 heteroatoms. The molecule has 0 aromatic heterocycles. The maximum Gasteiger partial charge on any atom is 0.251 e. The summed E-state index contributed by atoms with van der Waals surface area (Å²) in [7, 11) is 0. The Morgan fingerprint density at radius 2 is 2.21 bits per heavy atom. The molecule has 4 nitrogen and oxygen atoms in total. The summed E-state index contributed by atoms with van der Waals surface area (Å²) >= 11 is 0. The van der Waals surface area contributed by atoms with E-state index in [2.05, 4.69) is 5.32 Å². The summed E-state index contributed by atoms with van der Waals surface area (Å²) in [4.78, 5) is 11.6. The van der Waals surface area contributed by atoms with Crippen LogP contribution in [-0.2, 0) is 9.53 Å². The molecule has 0 saturated carbocycles. The summed E-state index contributed by atoms with van der Waals surface area (Å²) < 4.78 is 5.39. The van der Waals surface area contributed by atoms with Gasteiger partial charge in [0.05, 0.1) is 11.6 Å². The van der Waals surface area contributed by atoms with E-state index in [-0.39, 0.29) is 17.6 Å². The second kappa shape index (κ2) is 3.51. The molecule has 14 heavy (non-hydrogen) atoms. The molecule has 1 rings (SSSR count). The van der Waals surface area contributed by atoms with Crippen LogP contribution in [0, 0.1) is 0 Å². The number of amides is 1. The summed E-state index contributed by atoms with van der Waals surface area (Å²) in [5.74, 6) is -0.350. The van der Waals surface area contributed by atoms with E-state index in [0.29, 0.717) is 6.61 Å². The molecule has 1 amide bonds. The molecule has 1 heterocycles. The Morgan fingerprint density at radius 3 is 2.57 bits per heavy atom. The molecule has 0 aromatic carbocycles. The fourth-order valence-electron chi connectivity index (χ4n) is 1.41. The number of rotatable bonds is 2. The zero-order chi connectivity index (χ0) is 11.0. The van der Waals surface area contributed by atoms with Gasteiger partial charge in [-0.05, 0) is 34.1 Å². The lowest BCUT2D eigenvalue weighted by Gasteiger charge is -2.31. The van der Waals surface area contributed by atoms with Crippen molar-refractivity contribution in [1.82, 2.24) is 5.32 Å². The van der Waals surface area contributed by atoms with Gasteiger partial charge in [0.25, 0.3) is 5.91 Å². The van der Waals surface area contributed by atoms with Gasteiger partial charge in [-0.1, -0.05) is 0 Å². The summed E-state index contributed by atoms with van der Waals surface area (Å²) in [6, 6.07) is 0. The van der Waals surface area contributed by atoms with Crippen LogP contribution in [0.2, 0.25) is 0 Å². The van der Waals surface area contributed by atoms with E-state index >= 15 is 0 Å². The predicted molar refractivity (Wildman–Crippen MR) is 52.9 cm³/mol. The molecular weight excluding hydrogens is 182 g/mol. The van der Waals surface area contributed by atoms with E-state index in [9.17, 15) is 9.90 Å². The maximum absolute atomic E-state index is 11.6. The van der Waals surface area contributed by atoms with Gasteiger partial charge < -0.3 is 15.2 Å². The van der Waals surface area contributed by atoms with Crippen molar-refractivity contribution in [2.45, 2.75) is 51.4 Å². The Kier molecular flexibility index (Phi) is 2.88. The first-order valence-corrected chi connectivity index (χ1v) is 4.92. The molecule has 0 bridgehead atoms. The third kappa shape index (κ3) is 2.25. The fraction of sp³-hybridized carbons (Fsp3) is 0.900. The Morgan fingerprint density at radius 1 is 1.64 bits per heavy atom. The van der Waals surface area contributed by atoms with E-state index in [0.717, 1.165) is 6.42 Å². The van der Waals surface area contributed by atoms with Gasteiger partial charge in [-0.3, -0.25) is 4.79 Å². The highest BCUT2D eigenvalue weighted by atomic mass is 16.5. The van der Waals surface area contributed by atoms with Crippen molar-refractivity contribution in [3.05, 3.63) is 0 Å². The lowest BCUT2D eigenvalue weighted by molar-refractivity contribution is -0.139. The first-order chi connectivity index (χ1) is 6.26. The number of carbonyl (C=O) groups is 1. The number of hydrogen-bond acceptors (Lipinski definition) is 3. The highest BCUT2D eigenvalue weighted by Crippen LogP contribution is 2.25. The van der Waals surface area contributed by atoms with Crippen LogP contribution in [0.3, 0.4) is 0 Å². The van der Waals surface area contributed by atoms with Gasteiger partial charge >= 0.3 is 0 Å². The monoisotopic (exact) mass is 201 g/mol. The average Bonchev–Trinajstić information content (AvgIpc) is 2.30. The standard InChI is InChI=1S/C10H19NO3/c1-7-10(4,5-6-14-7)11-8(12)9(2,3)13/h7,13H,5-6H2,1-4H3,(H,11,12). The van der Waals surface area contributed by atoms with Gasteiger partial charge in [-0.25, -0.2) is 0 Å². The minimum absolute atomic E-state index is 0.00574. The van der Waals surface area contributed by atoms with E-state index in [1.807, 2.05) is 13.8 Å². The van der Waals surface area contributed by atoms with E-state index in [1.165, 1.54) is 13.8 Å². The normalized spacial score (nSPS) is 33.1. The molecule has 82 valence electrons. The minimum Gasteiger partial charge on any atom is -0.381 e. The van der Waals surface area contributed by atoms with Crippen molar-refractivity contribution < 1.29 is 14.6 Å². The SMILES string of the molecule is CC1OCCC1(C)NC(=O)C(C)(C)O. The molecule has 0 aromatic rings. The smallest absolute Gasteiger partial charge is 0.251 e. The first-order valence-electron chi connectivity index (χ1n) is 4.92. The number of ether oxygens (including phenoxy) is 1. The number of hydrogen-bond donors (Lipinski definition) is 2. The Bertz CT molecular complexity index is 234. The number of aliphatic hydroxyl groups is 1. The number of carbonyl (C=O) groups excluding carboxylic acids is 1. The highest BCUT2D eigenvalue weighted by molar-refractivity contribution is 5.84. The molecule has 1 aliphatic heterocycles. The molecule has 0 spiro atoms. The second-order valence-electron chi connectivity index (χ2n) is 4.69. The van der Waals surface area contributed by atoms with Gasteiger partial charge in [0, 0.05) is 6.61 Å². The topological polar surface area (TPSA) is 58.6 Å². The lowest BCUT2D eigenvalue weighted by Crippen LogP contribution is -2.56. The van der Waals surface area contributed by atoms with Crippen molar-refractivity contribution in [1.29, 1.82) is 0 Å². The highest BCUT2D eigenvalue weighted by Gasteiger charge is 2.40. The van der Waals surface area contributed by atoms with E-state index < -0.39 is 5.60 Å². The van der Waals surface area contributed by atoms with Crippen LogP contribution in [0.25, 0.3) is 0 Å². The molecule has 2 atom stereocenters. The molecule has 2 unspecified atom stereocenters. The molecule has 1 fully saturated rings. The summed E-state index contributed by atoms with van der Waals surface area (Å²) in [6.07, 6.45) is 0.782. The van der Waals surface area contributed by atoms with Gasteiger partial charge in [-0.2, -0.15) is 0 Å². The van der Waals surface area contributed by atoms with Crippen LogP contribution >= 0.6 is 0 Å². The van der Waals surface area contributed by atoms with Crippen LogP contribution in [-0.4, -0.2) is 34.9 Å². The van der Waals surface area contributed by atoms with Crippen LogP contribution in [0.5, 0.6) is 0 Å². The summed E-state index contributed by atoms with van der Waals surface area (Å²) in [5, 5.41) is 12.3. The average molecular weight is 201 g/mol. The minimum atomic E-state index is -1.33. The van der Waals surface area contributed by atoms with Crippen LogP contribution in [0.4, 0.5) is 0 Å². The van der Waals surface area contributed by atoms with Crippen molar-refractivity contribution >= 4 is 5.91 Å². The quantitative estimate of drug-likeness (QED) is 0.681. The van der Waals surface area contributed by atoms with Gasteiger partial charge in [-0.15, -0.1) is 0 Å². The Balaban J connectivity index is 2.64. The number of nitrogens with one attached hydrogen (secondary N) is 1. The van der Waals surface area contributed by atoms with Gasteiger partial charge in [0.15, 0.2) is 0 Å². The zero-order valence-electron chi connectivity index (χ0n) is 9.26. The third-order valence-corrected chi connectivity index (χ3v) is 2.84. The summed E-state index contributed by atoms with van der Waals surface area (Å²) in [6.45, 7) is 7.48. The van der Waals surface area contributed by atoms with Crippen LogP contribution in [0.1, 0.15) is 34.1 Å².